The molecule has 4 atom stereocenters. The molecule has 3 aliphatic rings. The number of nitrogens with zero attached hydrogens (tertiary/aromatic N) is 2. The molecule has 0 bridgehead atoms. The van der Waals surface area contributed by atoms with Gasteiger partial charge in [0.1, 0.15) is 5.78 Å². The zero-order valence-corrected chi connectivity index (χ0v) is 15.0. The number of hydrogen-bond acceptors (Lipinski definition) is 2. The van der Waals surface area contributed by atoms with E-state index in [1.54, 1.807) is 0 Å². The lowest BCUT2D eigenvalue weighted by molar-refractivity contribution is -0.117. The summed E-state index contributed by atoms with van der Waals surface area (Å²) < 4.78 is 17.8. The van der Waals surface area contributed by atoms with E-state index in [2.05, 4.69) is 22.3 Å². The van der Waals surface area contributed by atoms with E-state index in [0.29, 0.717) is 36.1 Å². The Hall–Kier alpha value is -0.440. The van der Waals surface area contributed by atoms with Crippen molar-refractivity contribution in [1.29, 1.82) is 0 Å². The van der Waals surface area contributed by atoms with E-state index in [4.69, 9.17) is 0 Å². The van der Waals surface area contributed by atoms with Crippen molar-refractivity contribution >= 4 is 13.2 Å². The number of carbonyl (C=O) groups is 1. The second-order valence-corrected chi connectivity index (χ2v) is 10.1. The zero-order chi connectivity index (χ0) is 15.9. The van der Waals surface area contributed by atoms with Gasteiger partial charge in [0.15, 0.2) is 0 Å². The van der Waals surface area contributed by atoms with Gasteiger partial charge in [-0.05, 0) is 45.2 Å². The molecule has 0 aromatic carbocycles. The Bertz CT molecular complexity index is 497. The number of likely N-dealkylation sites (N-methyl/N-ethyl adjacent to an activating group) is 2. The first-order valence-electron chi connectivity index (χ1n) is 8.71. The van der Waals surface area contributed by atoms with Crippen LogP contribution >= 0.6 is 7.44 Å². The predicted molar refractivity (Wildman–Crippen MR) is 89.8 cm³/mol. The van der Waals surface area contributed by atoms with Crippen LogP contribution in [0.15, 0.2) is 11.9 Å². The van der Waals surface area contributed by atoms with Crippen LogP contribution in [0, 0.1) is 11.8 Å². The van der Waals surface area contributed by atoms with Crippen LogP contribution in [0.1, 0.15) is 51.9 Å². The molecule has 22 heavy (non-hydrogen) atoms. The average molecular weight is 324 g/mol. The van der Waals surface area contributed by atoms with Gasteiger partial charge < -0.3 is 0 Å². The minimum absolute atomic E-state index is 0.335. The van der Waals surface area contributed by atoms with Crippen molar-refractivity contribution in [3.8, 4) is 0 Å². The summed E-state index contributed by atoms with van der Waals surface area (Å²) in [5.74, 6) is 3.13. The van der Waals surface area contributed by atoms with Crippen molar-refractivity contribution in [2.24, 2.45) is 11.8 Å². The highest BCUT2D eigenvalue weighted by Crippen LogP contribution is 2.63. The molecule has 3 fully saturated rings. The molecule has 0 spiro atoms. The van der Waals surface area contributed by atoms with Crippen LogP contribution in [-0.2, 0) is 9.36 Å². The van der Waals surface area contributed by atoms with Crippen molar-refractivity contribution in [2.75, 3.05) is 14.1 Å². The fourth-order valence-corrected chi connectivity index (χ4v) is 7.27. The summed E-state index contributed by atoms with van der Waals surface area (Å²) in [7, 11) is 1.49. The van der Waals surface area contributed by atoms with Crippen LogP contribution in [-0.4, -0.2) is 41.3 Å². The first kappa shape index (κ1) is 16.4. The van der Waals surface area contributed by atoms with Crippen LogP contribution in [0.2, 0.25) is 0 Å². The third-order valence-corrected chi connectivity index (χ3v) is 9.13. The number of rotatable bonds is 3. The van der Waals surface area contributed by atoms with Crippen molar-refractivity contribution in [3.05, 3.63) is 11.9 Å². The molecule has 3 rings (SSSR count). The topological polar surface area (TPSA) is 40.6 Å². The molecule has 0 amide bonds. The van der Waals surface area contributed by atoms with E-state index < -0.39 is 7.44 Å². The monoisotopic (exact) mass is 324 g/mol. The summed E-state index contributed by atoms with van der Waals surface area (Å²) in [6, 6.07) is 0.884. The van der Waals surface area contributed by atoms with Gasteiger partial charge in [-0.25, -0.2) is 9.34 Å². The maximum atomic E-state index is 13.5. The van der Waals surface area contributed by atoms with Crippen LogP contribution in [0.3, 0.4) is 0 Å². The van der Waals surface area contributed by atoms with E-state index in [-0.39, 0.29) is 0 Å². The Morgan fingerprint density at radius 1 is 1.14 bits per heavy atom. The molecule has 2 aliphatic carbocycles. The van der Waals surface area contributed by atoms with Gasteiger partial charge in [0.2, 0.25) is 7.44 Å². The third kappa shape index (κ3) is 2.74. The van der Waals surface area contributed by atoms with E-state index in [1.807, 2.05) is 19.9 Å². The molecule has 0 unspecified atom stereocenters. The highest BCUT2D eigenvalue weighted by Gasteiger charge is 2.50. The Labute approximate surface area is 134 Å². The molecule has 1 aliphatic heterocycles. The van der Waals surface area contributed by atoms with E-state index in [1.165, 1.54) is 12.8 Å². The molecular weight excluding hydrogens is 295 g/mol. The Balaban J connectivity index is 1.73. The van der Waals surface area contributed by atoms with Gasteiger partial charge in [0.05, 0.1) is 0 Å². The maximum Gasteiger partial charge on any atom is 0.238 e. The fraction of sp³-hybridized carbons (Fsp3) is 0.824. The highest BCUT2D eigenvalue weighted by atomic mass is 31.2. The van der Waals surface area contributed by atoms with Crippen LogP contribution < -0.4 is 0 Å². The minimum atomic E-state index is -2.57. The van der Waals surface area contributed by atoms with Crippen molar-refractivity contribution in [2.45, 2.75) is 64.0 Å². The second kappa shape index (κ2) is 6.22. The van der Waals surface area contributed by atoms with E-state index in [0.717, 1.165) is 25.7 Å². The summed E-state index contributed by atoms with van der Waals surface area (Å²) in [5, 5.41) is 0. The Morgan fingerprint density at radius 2 is 1.73 bits per heavy atom. The van der Waals surface area contributed by atoms with Crippen LogP contribution in [0.25, 0.3) is 0 Å². The number of allylic oxidation sites excluding steroid dienone is 1. The summed E-state index contributed by atoms with van der Waals surface area (Å²) in [4.78, 5) is 11.5. The Kier molecular flexibility index (Phi) is 4.64. The maximum absolute atomic E-state index is 13.5. The number of hydrogen-bond donors (Lipinski definition) is 0. The lowest BCUT2D eigenvalue weighted by Gasteiger charge is -2.28. The summed E-state index contributed by atoms with van der Waals surface area (Å²) in [5.41, 5.74) is 0. The molecule has 0 N–H and O–H groups in total. The molecular formula is C17H29N2O2P. The summed E-state index contributed by atoms with van der Waals surface area (Å²) >= 11 is 0. The van der Waals surface area contributed by atoms with Crippen LogP contribution in [0.5, 0.6) is 0 Å². The lowest BCUT2D eigenvalue weighted by Crippen LogP contribution is -2.37. The van der Waals surface area contributed by atoms with E-state index >= 15 is 0 Å². The molecule has 0 aromatic rings. The first-order chi connectivity index (χ1) is 10.4. The lowest BCUT2D eigenvalue weighted by atomic mass is 9.91. The highest BCUT2D eigenvalue weighted by molar-refractivity contribution is 7.62. The molecule has 1 heterocycles. The molecule has 4 nitrogen and oxygen atoms in total. The number of Topliss-reactive ketones (excluding diaryl/α,β-unsaturated/α-hetero) is 1. The Morgan fingerprint density at radius 3 is 2.23 bits per heavy atom. The summed E-state index contributed by atoms with van der Waals surface area (Å²) in [6.45, 7) is 2.16. The van der Waals surface area contributed by atoms with Gasteiger partial charge in [-0.3, -0.25) is 9.36 Å². The number of fused-ring (bicyclic) bond motifs is 1. The third-order valence-electron chi connectivity index (χ3n) is 6.17. The number of ketones is 1. The fourth-order valence-electron chi connectivity index (χ4n) is 4.52. The molecule has 0 radical (unpaired) electrons. The second-order valence-electron chi connectivity index (χ2n) is 7.40. The number of carbonyl (C=O) groups excluding carboxylic acids is 1. The van der Waals surface area contributed by atoms with Crippen molar-refractivity contribution < 1.29 is 9.36 Å². The van der Waals surface area contributed by atoms with Gasteiger partial charge >= 0.3 is 0 Å². The average Bonchev–Trinajstić information content (AvgIpc) is 3.03. The largest absolute Gasteiger partial charge is 0.300 e. The standard InChI is InChI=1S/C17H29N2O2P/c1-13(14-8-9-15(20)12-14)10-11-22(21)18(2)16-6-4-5-7-17(16)19(22)3/h10-11,13-14,16-17H,4-9,12H2,1-3H3/b11-10+/t13-,14+,16+,17+/m0/s1. The van der Waals surface area contributed by atoms with Crippen LogP contribution in [0.4, 0.5) is 0 Å². The quantitative estimate of drug-likeness (QED) is 0.739. The molecule has 124 valence electrons. The summed E-state index contributed by atoms with van der Waals surface area (Å²) in [6.07, 6.45) is 9.37. The zero-order valence-electron chi connectivity index (χ0n) is 14.1. The minimum Gasteiger partial charge on any atom is -0.300 e. The van der Waals surface area contributed by atoms with Crippen molar-refractivity contribution in [1.82, 2.24) is 9.34 Å². The molecule has 0 aromatic heterocycles. The molecule has 1 saturated heterocycles. The normalized spacial score (nSPS) is 37.8. The van der Waals surface area contributed by atoms with Gasteiger partial charge in [-0.2, -0.15) is 0 Å². The first-order valence-corrected chi connectivity index (χ1v) is 10.4. The SMILES string of the molecule is C[C@@H](/C=C/P1(=O)N(C)[C@@H]2CCCC[C@H]2N1C)[C@@H]1CCC(=O)C1. The van der Waals surface area contributed by atoms with Gasteiger partial charge in [-0.15, -0.1) is 0 Å². The van der Waals surface area contributed by atoms with Crippen molar-refractivity contribution in [3.63, 3.8) is 0 Å². The van der Waals surface area contributed by atoms with Gasteiger partial charge in [0.25, 0.3) is 0 Å². The van der Waals surface area contributed by atoms with Gasteiger partial charge in [-0.1, -0.05) is 25.8 Å². The smallest absolute Gasteiger partial charge is 0.238 e. The van der Waals surface area contributed by atoms with E-state index in [9.17, 15) is 9.36 Å². The molecule has 5 heteroatoms. The predicted octanol–water partition coefficient (Wildman–Crippen LogP) is 3.89. The van der Waals surface area contributed by atoms with Gasteiger partial charge in [0, 0.05) is 30.7 Å². The molecule has 2 saturated carbocycles.